The third-order valence-corrected chi connectivity index (χ3v) is 15.7. The first kappa shape index (κ1) is 38.7. The molecule has 1 heterocycles. The van der Waals surface area contributed by atoms with Crippen LogP contribution in [0.2, 0.25) is 0 Å². The van der Waals surface area contributed by atoms with Crippen molar-refractivity contribution in [3.8, 4) is 44.5 Å². The van der Waals surface area contributed by atoms with Gasteiger partial charge < -0.3 is 4.90 Å². The van der Waals surface area contributed by atoms with E-state index in [1.54, 1.807) is 0 Å². The first-order valence-electron chi connectivity index (χ1n) is 23.0. The van der Waals surface area contributed by atoms with Gasteiger partial charge in [-0.15, -0.1) is 11.3 Å². The number of benzene rings is 10. The lowest BCUT2D eigenvalue weighted by atomic mass is 9.67. The first-order chi connectivity index (χ1) is 32.5. The SMILES string of the molecule is CC1(C)c2ccccc2-c2ccc(N(c3ccc(-c4cccc5sc6ccccc6c45)cc3)c3ccc4c(c3)C(c3ccccc3)(c3ccccc3)c3cccc(-c5ccccc5)c3-4)cc21. The lowest BCUT2D eigenvalue weighted by molar-refractivity contribution is 0.660. The van der Waals surface area contributed by atoms with E-state index in [2.05, 4.69) is 255 Å². The minimum atomic E-state index is -0.576. The minimum absolute atomic E-state index is 0.150. The van der Waals surface area contributed by atoms with Gasteiger partial charge in [0, 0.05) is 42.6 Å². The summed E-state index contributed by atoms with van der Waals surface area (Å²) >= 11 is 1.87. The predicted molar refractivity (Wildman–Crippen MR) is 280 cm³/mol. The van der Waals surface area contributed by atoms with Crippen molar-refractivity contribution < 1.29 is 0 Å². The highest BCUT2D eigenvalue weighted by Crippen LogP contribution is 2.60. The van der Waals surface area contributed by atoms with E-state index < -0.39 is 5.41 Å². The largest absolute Gasteiger partial charge is 0.310 e. The zero-order valence-electron chi connectivity index (χ0n) is 36.9. The molecule has 0 unspecified atom stereocenters. The molecule has 10 aromatic carbocycles. The van der Waals surface area contributed by atoms with Gasteiger partial charge in [0.1, 0.15) is 0 Å². The molecule has 2 aliphatic rings. The third-order valence-electron chi connectivity index (χ3n) is 14.6. The summed E-state index contributed by atoms with van der Waals surface area (Å²) in [5.74, 6) is 0. The summed E-state index contributed by atoms with van der Waals surface area (Å²) in [5.41, 5.74) is 20.6. The Bertz CT molecular complexity index is 3620. The zero-order chi connectivity index (χ0) is 44.0. The van der Waals surface area contributed by atoms with Crippen LogP contribution in [0.15, 0.2) is 237 Å². The molecule has 1 nitrogen and oxygen atoms in total. The maximum absolute atomic E-state index is 2.50. The van der Waals surface area contributed by atoms with Gasteiger partial charge in [0.05, 0.1) is 5.41 Å². The highest BCUT2D eigenvalue weighted by molar-refractivity contribution is 7.25. The molecule has 2 aliphatic carbocycles. The van der Waals surface area contributed by atoms with Crippen molar-refractivity contribution in [1.29, 1.82) is 0 Å². The molecule has 0 aliphatic heterocycles. The number of hydrogen-bond acceptors (Lipinski definition) is 2. The van der Waals surface area contributed by atoms with Gasteiger partial charge in [0.2, 0.25) is 0 Å². The number of hydrogen-bond donors (Lipinski definition) is 0. The Hall–Kier alpha value is -7.78. The van der Waals surface area contributed by atoms with Crippen molar-refractivity contribution in [2.45, 2.75) is 24.7 Å². The highest BCUT2D eigenvalue weighted by atomic mass is 32.1. The number of rotatable bonds is 7. The summed E-state index contributed by atoms with van der Waals surface area (Å²) in [7, 11) is 0. The maximum atomic E-state index is 2.50. The Morgan fingerprint density at radius 2 is 0.864 bits per heavy atom. The van der Waals surface area contributed by atoms with Crippen LogP contribution in [-0.4, -0.2) is 0 Å². The Kier molecular flexibility index (Phi) is 8.72. The van der Waals surface area contributed by atoms with Crippen LogP contribution in [0.25, 0.3) is 64.7 Å². The predicted octanol–water partition coefficient (Wildman–Crippen LogP) is 17.5. The quantitative estimate of drug-likeness (QED) is 0.154. The second kappa shape index (κ2) is 14.9. The maximum Gasteiger partial charge on any atom is 0.0714 e. The second-order valence-corrected chi connectivity index (χ2v) is 19.4. The number of thiophene rings is 1. The smallest absolute Gasteiger partial charge is 0.0714 e. The van der Waals surface area contributed by atoms with Gasteiger partial charge in [-0.3, -0.25) is 0 Å². The Labute approximate surface area is 390 Å². The molecule has 0 amide bonds. The van der Waals surface area contributed by atoms with Gasteiger partial charge in [0.15, 0.2) is 0 Å². The average Bonchev–Trinajstić information content (AvgIpc) is 3.99. The average molecular weight is 860 g/mol. The van der Waals surface area contributed by atoms with Gasteiger partial charge in [-0.1, -0.05) is 202 Å². The van der Waals surface area contributed by atoms with Gasteiger partial charge in [-0.2, -0.15) is 0 Å². The van der Waals surface area contributed by atoms with Crippen LogP contribution in [0.4, 0.5) is 17.1 Å². The van der Waals surface area contributed by atoms with Crippen LogP contribution in [0.3, 0.4) is 0 Å². The number of nitrogens with zero attached hydrogens (tertiary/aromatic N) is 1. The van der Waals surface area contributed by atoms with Crippen molar-refractivity contribution in [3.05, 3.63) is 270 Å². The fourth-order valence-corrected chi connectivity index (χ4v) is 12.7. The number of fused-ring (bicyclic) bond motifs is 9. The summed E-state index contributed by atoms with van der Waals surface area (Å²) in [4.78, 5) is 2.49. The van der Waals surface area contributed by atoms with Crippen LogP contribution in [0, 0.1) is 0 Å². The van der Waals surface area contributed by atoms with E-state index in [4.69, 9.17) is 0 Å². The fraction of sp³-hybridized carbons (Fsp3) is 0.0625. The lowest BCUT2D eigenvalue weighted by Gasteiger charge is -2.35. The van der Waals surface area contributed by atoms with E-state index in [9.17, 15) is 0 Å². The molecule has 13 rings (SSSR count). The lowest BCUT2D eigenvalue weighted by Crippen LogP contribution is -2.28. The minimum Gasteiger partial charge on any atom is -0.310 e. The van der Waals surface area contributed by atoms with Gasteiger partial charge in [0.25, 0.3) is 0 Å². The van der Waals surface area contributed by atoms with Crippen molar-refractivity contribution in [3.63, 3.8) is 0 Å². The van der Waals surface area contributed by atoms with E-state index in [0.29, 0.717) is 0 Å². The summed E-state index contributed by atoms with van der Waals surface area (Å²) in [6.45, 7) is 4.75. The molecule has 0 spiro atoms. The van der Waals surface area contributed by atoms with E-state index in [-0.39, 0.29) is 5.41 Å². The van der Waals surface area contributed by atoms with E-state index >= 15 is 0 Å². The molecule has 0 bridgehead atoms. The molecule has 0 fully saturated rings. The van der Waals surface area contributed by atoms with Gasteiger partial charge >= 0.3 is 0 Å². The van der Waals surface area contributed by atoms with Crippen LogP contribution >= 0.6 is 11.3 Å². The van der Waals surface area contributed by atoms with Gasteiger partial charge in [-0.25, -0.2) is 0 Å². The summed E-state index contributed by atoms with van der Waals surface area (Å²) in [6.07, 6.45) is 0. The topological polar surface area (TPSA) is 3.24 Å². The third kappa shape index (κ3) is 5.65. The fourth-order valence-electron chi connectivity index (χ4n) is 11.6. The Morgan fingerprint density at radius 3 is 1.61 bits per heavy atom. The molecule has 0 atom stereocenters. The molecular formula is C64H45NS. The summed E-state index contributed by atoms with van der Waals surface area (Å²) in [6, 6.07) is 88.3. The molecule has 0 radical (unpaired) electrons. The molecule has 0 N–H and O–H groups in total. The molecular weight excluding hydrogens is 815 g/mol. The van der Waals surface area contributed by atoms with Gasteiger partial charge in [-0.05, 0) is 126 Å². The highest BCUT2D eigenvalue weighted by Gasteiger charge is 2.47. The van der Waals surface area contributed by atoms with Crippen molar-refractivity contribution in [1.82, 2.24) is 0 Å². The standard InChI is InChI=1S/C64H45NS/c1-63(2)55-28-14-12-24-51(55)52-38-36-47(40-57(52)63)65(46-34-32-43(33-35-46)50-27-17-31-60-62(50)54-25-13-15-30-59(54)66-60)48-37-39-53-58(41-48)64(44-20-8-4-9-21-44,45-22-10-5-11-23-45)56-29-16-26-49(61(53)56)42-18-6-3-7-19-42/h3-41H,1-2H3. The second-order valence-electron chi connectivity index (χ2n) is 18.4. The van der Waals surface area contributed by atoms with Crippen LogP contribution in [0.5, 0.6) is 0 Å². The van der Waals surface area contributed by atoms with E-state index in [0.717, 1.165) is 17.1 Å². The molecule has 2 heteroatoms. The molecule has 0 saturated heterocycles. The van der Waals surface area contributed by atoms with E-state index in [1.165, 1.54) is 98.1 Å². The van der Waals surface area contributed by atoms with Crippen molar-refractivity contribution >= 4 is 48.6 Å². The molecule has 312 valence electrons. The van der Waals surface area contributed by atoms with Crippen LogP contribution in [0.1, 0.15) is 47.2 Å². The molecule has 0 saturated carbocycles. The number of anilines is 3. The summed E-state index contributed by atoms with van der Waals surface area (Å²) < 4.78 is 2.64. The first-order valence-corrected chi connectivity index (χ1v) is 23.8. The molecule has 11 aromatic rings. The summed E-state index contributed by atoms with van der Waals surface area (Å²) in [5, 5.41) is 2.64. The Morgan fingerprint density at radius 1 is 0.348 bits per heavy atom. The van der Waals surface area contributed by atoms with Crippen molar-refractivity contribution in [2.24, 2.45) is 0 Å². The zero-order valence-corrected chi connectivity index (χ0v) is 37.7. The normalized spacial score (nSPS) is 13.8. The van der Waals surface area contributed by atoms with Crippen LogP contribution < -0.4 is 4.90 Å². The van der Waals surface area contributed by atoms with Crippen molar-refractivity contribution in [2.75, 3.05) is 4.90 Å². The Balaban J connectivity index is 1.06. The van der Waals surface area contributed by atoms with Crippen LogP contribution in [-0.2, 0) is 10.8 Å². The monoisotopic (exact) mass is 859 g/mol. The van der Waals surface area contributed by atoms with E-state index in [1.807, 2.05) is 11.3 Å². The molecule has 66 heavy (non-hydrogen) atoms. The molecule has 1 aromatic heterocycles.